The quantitative estimate of drug-likeness (QED) is 0.548. The molecule has 0 radical (unpaired) electrons. The zero-order valence-electron chi connectivity index (χ0n) is 18.9. The second-order valence-electron chi connectivity index (χ2n) is 9.81. The predicted octanol–water partition coefficient (Wildman–Crippen LogP) is 5.74. The van der Waals surface area contributed by atoms with Crippen molar-refractivity contribution in [2.45, 2.75) is 51.4 Å². The van der Waals surface area contributed by atoms with E-state index in [9.17, 15) is 9.90 Å². The SMILES string of the molecule is COc1ccc(-c2ccc3c(c2)C(C)(C)CCC3(C)C)cc1-c1ccc(C(=O)[O-])cc1. The van der Waals surface area contributed by atoms with E-state index in [1.807, 2.05) is 6.07 Å². The highest BCUT2D eigenvalue weighted by Gasteiger charge is 2.36. The van der Waals surface area contributed by atoms with E-state index in [0.717, 1.165) is 22.4 Å². The minimum absolute atomic E-state index is 0.150. The van der Waals surface area contributed by atoms with Crippen LogP contribution in [0.3, 0.4) is 0 Å². The summed E-state index contributed by atoms with van der Waals surface area (Å²) in [4.78, 5) is 11.1. The summed E-state index contributed by atoms with van der Waals surface area (Å²) >= 11 is 0. The van der Waals surface area contributed by atoms with Crippen molar-refractivity contribution in [3.63, 3.8) is 0 Å². The van der Waals surface area contributed by atoms with Crippen molar-refractivity contribution in [3.05, 3.63) is 77.4 Å². The average Bonchev–Trinajstić information content (AvgIpc) is 2.76. The molecule has 3 heteroatoms. The lowest BCUT2D eigenvalue weighted by molar-refractivity contribution is -0.255. The molecule has 0 N–H and O–H groups in total. The Morgan fingerprint density at radius 3 is 1.94 bits per heavy atom. The number of hydrogen-bond donors (Lipinski definition) is 0. The molecule has 3 nitrogen and oxygen atoms in total. The van der Waals surface area contributed by atoms with Crippen LogP contribution in [0.15, 0.2) is 60.7 Å². The van der Waals surface area contributed by atoms with Gasteiger partial charge in [0.25, 0.3) is 0 Å². The molecule has 1 aliphatic rings. The summed E-state index contributed by atoms with van der Waals surface area (Å²) in [5.41, 5.74) is 7.51. The molecule has 0 aliphatic heterocycles. The smallest absolute Gasteiger partial charge is 0.126 e. The van der Waals surface area contributed by atoms with Gasteiger partial charge in [-0.1, -0.05) is 76.2 Å². The van der Waals surface area contributed by atoms with Gasteiger partial charge in [-0.3, -0.25) is 0 Å². The summed E-state index contributed by atoms with van der Waals surface area (Å²) in [6.07, 6.45) is 2.37. The first-order valence-corrected chi connectivity index (χ1v) is 10.8. The third-order valence-corrected chi connectivity index (χ3v) is 6.82. The molecule has 1 aliphatic carbocycles. The highest BCUT2D eigenvalue weighted by molar-refractivity contribution is 5.87. The lowest BCUT2D eigenvalue weighted by Crippen LogP contribution is -2.33. The van der Waals surface area contributed by atoms with Gasteiger partial charge in [0.1, 0.15) is 5.75 Å². The molecule has 0 amide bonds. The fourth-order valence-corrected chi connectivity index (χ4v) is 4.67. The number of carboxylic acids is 1. The molecule has 0 bridgehead atoms. The molecule has 0 saturated carbocycles. The van der Waals surface area contributed by atoms with Crippen LogP contribution in [0.5, 0.6) is 5.75 Å². The second-order valence-corrected chi connectivity index (χ2v) is 9.81. The van der Waals surface area contributed by atoms with Gasteiger partial charge in [0.05, 0.1) is 13.1 Å². The molecular weight excluding hydrogens is 384 g/mol. The highest BCUT2D eigenvalue weighted by atomic mass is 16.5. The maximum absolute atomic E-state index is 11.1. The van der Waals surface area contributed by atoms with Gasteiger partial charge in [-0.2, -0.15) is 0 Å². The van der Waals surface area contributed by atoms with Crippen molar-refractivity contribution in [3.8, 4) is 28.0 Å². The summed E-state index contributed by atoms with van der Waals surface area (Å²) in [5, 5.41) is 11.1. The Morgan fingerprint density at radius 1 is 0.774 bits per heavy atom. The van der Waals surface area contributed by atoms with E-state index in [1.54, 1.807) is 31.4 Å². The van der Waals surface area contributed by atoms with E-state index in [1.165, 1.54) is 29.5 Å². The van der Waals surface area contributed by atoms with Gasteiger partial charge in [-0.25, -0.2) is 0 Å². The number of benzene rings is 3. The first-order chi connectivity index (χ1) is 14.6. The molecule has 4 rings (SSSR count). The third-order valence-electron chi connectivity index (χ3n) is 6.82. The zero-order valence-corrected chi connectivity index (χ0v) is 18.9. The minimum Gasteiger partial charge on any atom is -0.545 e. The van der Waals surface area contributed by atoms with Crippen molar-refractivity contribution in [2.24, 2.45) is 0 Å². The van der Waals surface area contributed by atoms with Crippen LogP contribution >= 0.6 is 0 Å². The zero-order chi connectivity index (χ0) is 22.4. The number of methoxy groups -OCH3 is 1. The van der Waals surface area contributed by atoms with E-state index in [4.69, 9.17) is 4.74 Å². The Balaban J connectivity index is 1.81. The fourth-order valence-electron chi connectivity index (χ4n) is 4.67. The average molecular weight is 414 g/mol. The standard InChI is InChI=1S/C28H30O3/c1-27(2)14-15-28(3,4)24-17-21(10-12-23(24)27)20-11-13-25(31-5)22(16-20)18-6-8-19(9-7-18)26(29)30/h6-13,16-17H,14-15H2,1-5H3,(H,29,30)/p-1. The molecule has 3 aromatic carbocycles. The van der Waals surface area contributed by atoms with Crippen molar-refractivity contribution in [1.29, 1.82) is 0 Å². The van der Waals surface area contributed by atoms with Crippen molar-refractivity contribution in [1.82, 2.24) is 0 Å². The van der Waals surface area contributed by atoms with Crippen LogP contribution in [0.2, 0.25) is 0 Å². The van der Waals surface area contributed by atoms with Crippen LogP contribution in [0, 0.1) is 0 Å². The van der Waals surface area contributed by atoms with Crippen LogP contribution in [0.25, 0.3) is 22.3 Å². The largest absolute Gasteiger partial charge is 0.545 e. The van der Waals surface area contributed by atoms with E-state index < -0.39 is 5.97 Å². The highest BCUT2D eigenvalue weighted by Crippen LogP contribution is 2.47. The molecule has 0 aromatic heterocycles. The number of carbonyl (C=O) groups is 1. The Kier molecular flexibility index (Phi) is 5.17. The number of ether oxygens (including phenoxy) is 1. The summed E-state index contributed by atoms with van der Waals surface area (Å²) < 4.78 is 5.59. The molecule has 0 unspecified atom stereocenters. The van der Waals surface area contributed by atoms with Gasteiger partial charge in [0.2, 0.25) is 0 Å². The van der Waals surface area contributed by atoms with E-state index >= 15 is 0 Å². The van der Waals surface area contributed by atoms with Gasteiger partial charge in [0.15, 0.2) is 0 Å². The summed E-state index contributed by atoms with van der Waals surface area (Å²) in [6.45, 7) is 9.34. The molecule has 0 fully saturated rings. The lowest BCUT2D eigenvalue weighted by atomic mass is 9.63. The molecule has 3 aromatic rings. The van der Waals surface area contributed by atoms with Gasteiger partial charge in [0, 0.05) is 5.56 Å². The van der Waals surface area contributed by atoms with Crippen LogP contribution in [0.1, 0.15) is 62.0 Å². The molecule has 0 spiro atoms. The van der Waals surface area contributed by atoms with Crippen molar-refractivity contribution < 1.29 is 14.6 Å². The molecule has 0 atom stereocenters. The van der Waals surface area contributed by atoms with Gasteiger partial charge < -0.3 is 14.6 Å². The summed E-state index contributed by atoms with van der Waals surface area (Å²) in [6, 6.07) is 19.8. The number of fused-ring (bicyclic) bond motifs is 1. The number of hydrogen-bond acceptors (Lipinski definition) is 3. The molecular formula is C28H29O3-. The molecule has 160 valence electrons. The fraction of sp³-hybridized carbons (Fsp3) is 0.321. The monoisotopic (exact) mass is 413 g/mol. The predicted molar refractivity (Wildman–Crippen MR) is 123 cm³/mol. The van der Waals surface area contributed by atoms with E-state index in [-0.39, 0.29) is 16.4 Å². The van der Waals surface area contributed by atoms with Crippen molar-refractivity contribution >= 4 is 5.97 Å². The van der Waals surface area contributed by atoms with Gasteiger partial charge in [-0.15, -0.1) is 0 Å². The third kappa shape index (κ3) is 3.85. The number of carboxylic acid groups (broad SMARTS) is 1. The second kappa shape index (κ2) is 7.56. The van der Waals surface area contributed by atoms with Gasteiger partial charge >= 0.3 is 0 Å². The van der Waals surface area contributed by atoms with Crippen LogP contribution in [0.4, 0.5) is 0 Å². The molecule has 31 heavy (non-hydrogen) atoms. The number of carbonyl (C=O) groups excluding carboxylic acids is 1. The topological polar surface area (TPSA) is 49.4 Å². The first-order valence-electron chi connectivity index (χ1n) is 10.8. The Hall–Kier alpha value is -3.07. The maximum Gasteiger partial charge on any atom is 0.126 e. The normalized spacial score (nSPS) is 16.4. The number of aromatic carboxylic acids is 1. The maximum atomic E-state index is 11.1. The minimum atomic E-state index is -1.17. The lowest BCUT2D eigenvalue weighted by Gasteiger charge is -2.42. The Morgan fingerprint density at radius 2 is 1.32 bits per heavy atom. The van der Waals surface area contributed by atoms with E-state index in [2.05, 4.69) is 58.0 Å². The van der Waals surface area contributed by atoms with Crippen LogP contribution in [-0.4, -0.2) is 13.1 Å². The van der Waals surface area contributed by atoms with Crippen molar-refractivity contribution in [2.75, 3.05) is 7.11 Å². The van der Waals surface area contributed by atoms with Crippen LogP contribution in [-0.2, 0) is 10.8 Å². The number of rotatable bonds is 4. The summed E-state index contributed by atoms with van der Waals surface area (Å²) in [7, 11) is 1.65. The Labute approximate surface area is 184 Å². The van der Waals surface area contributed by atoms with Gasteiger partial charge in [-0.05, 0) is 69.2 Å². The Bertz CT molecular complexity index is 1140. The van der Waals surface area contributed by atoms with E-state index in [0.29, 0.717) is 0 Å². The molecule has 0 saturated heterocycles. The molecule has 0 heterocycles. The van der Waals surface area contributed by atoms with Crippen LogP contribution < -0.4 is 9.84 Å². The summed E-state index contributed by atoms with van der Waals surface area (Å²) in [5.74, 6) is -0.420. The first kappa shape index (κ1) is 21.2.